The molecule has 1 amide bonds. The van der Waals surface area contributed by atoms with Gasteiger partial charge < -0.3 is 15.0 Å². The van der Waals surface area contributed by atoms with Gasteiger partial charge in [0.2, 0.25) is 5.43 Å². The zero-order chi connectivity index (χ0) is 18.1. The number of halogens is 1. The molecular weight excluding hydrogens is 342 g/mol. The Labute approximate surface area is 148 Å². The molecule has 7 heteroatoms. The molecule has 0 aliphatic rings. The lowest BCUT2D eigenvalue weighted by molar-refractivity contribution is 0.102. The number of hydrogen-bond acceptors (Lipinski definition) is 4. The molecule has 128 valence electrons. The monoisotopic (exact) mass is 357 g/mol. The lowest BCUT2D eigenvalue weighted by atomic mass is 10.1. The molecule has 0 unspecified atom stereocenters. The Balaban J connectivity index is 2.10. The Hall–Kier alpha value is -2.86. The number of benzene rings is 1. The molecule has 2 heterocycles. The fourth-order valence-electron chi connectivity index (χ4n) is 2.56. The van der Waals surface area contributed by atoms with E-state index in [1.165, 1.54) is 24.4 Å². The highest BCUT2D eigenvalue weighted by Gasteiger charge is 2.17. The highest BCUT2D eigenvalue weighted by molar-refractivity contribution is 6.31. The largest absolute Gasteiger partial charge is 0.506 e. The SMILES string of the molecule is CCn1cc(C(=O)Nc2cc(Cl)ccc2O)c(=O)c2ccc(C)nc21. The van der Waals surface area contributed by atoms with Crippen molar-refractivity contribution in [3.63, 3.8) is 0 Å². The Morgan fingerprint density at radius 3 is 2.80 bits per heavy atom. The van der Waals surface area contributed by atoms with E-state index in [0.29, 0.717) is 22.6 Å². The second kappa shape index (κ2) is 6.57. The number of carbonyl (C=O) groups is 1. The lowest BCUT2D eigenvalue weighted by Gasteiger charge is -2.12. The van der Waals surface area contributed by atoms with Gasteiger partial charge in [0.15, 0.2) is 0 Å². The summed E-state index contributed by atoms with van der Waals surface area (Å²) in [5.74, 6) is -0.751. The zero-order valence-electron chi connectivity index (χ0n) is 13.7. The number of amides is 1. The average Bonchev–Trinajstić information content (AvgIpc) is 2.58. The maximum absolute atomic E-state index is 12.7. The molecule has 0 aliphatic carbocycles. The van der Waals surface area contributed by atoms with Crippen molar-refractivity contribution in [2.24, 2.45) is 0 Å². The van der Waals surface area contributed by atoms with E-state index < -0.39 is 11.3 Å². The summed E-state index contributed by atoms with van der Waals surface area (Å²) in [6.07, 6.45) is 1.48. The molecule has 0 spiro atoms. The van der Waals surface area contributed by atoms with Crippen LogP contribution in [-0.2, 0) is 6.54 Å². The highest BCUT2D eigenvalue weighted by Crippen LogP contribution is 2.26. The van der Waals surface area contributed by atoms with Gasteiger partial charge >= 0.3 is 0 Å². The van der Waals surface area contributed by atoms with E-state index >= 15 is 0 Å². The molecule has 0 atom stereocenters. The number of aromatic nitrogens is 2. The van der Waals surface area contributed by atoms with E-state index in [4.69, 9.17) is 11.6 Å². The summed E-state index contributed by atoms with van der Waals surface area (Å²) < 4.78 is 1.75. The van der Waals surface area contributed by atoms with Gasteiger partial charge in [0, 0.05) is 23.5 Å². The van der Waals surface area contributed by atoms with Crippen molar-refractivity contribution in [1.82, 2.24) is 9.55 Å². The van der Waals surface area contributed by atoms with Crippen LogP contribution in [0.3, 0.4) is 0 Å². The van der Waals surface area contributed by atoms with Crippen LogP contribution in [0.4, 0.5) is 5.69 Å². The standard InChI is InChI=1S/C18H16ClN3O3/c1-3-22-9-13(16(24)12-6-4-10(2)20-17(12)22)18(25)21-14-8-11(19)5-7-15(14)23/h4-9,23H,3H2,1-2H3,(H,21,25). The van der Waals surface area contributed by atoms with Gasteiger partial charge in [-0.1, -0.05) is 11.6 Å². The second-order valence-corrected chi connectivity index (χ2v) is 6.03. The van der Waals surface area contributed by atoms with Crippen LogP contribution < -0.4 is 10.7 Å². The van der Waals surface area contributed by atoms with Crippen molar-refractivity contribution in [2.45, 2.75) is 20.4 Å². The summed E-state index contributed by atoms with van der Waals surface area (Å²) in [5.41, 5.74) is 1.03. The zero-order valence-corrected chi connectivity index (χ0v) is 14.5. The molecule has 0 fully saturated rings. The fraction of sp³-hybridized carbons (Fsp3) is 0.167. The first-order valence-corrected chi connectivity index (χ1v) is 8.09. The molecule has 6 nitrogen and oxygen atoms in total. The third kappa shape index (κ3) is 3.21. The average molecular weight is 358 g/mol. The van der Waals surface area contributed by atoms with Crippen LogP contribution in [0.2, 0.25) is 5.02 Å². The first-order valence-electron chi connectivity index (χ1n) is 7.71. The Morgan fingerprint density at radius 2 is 2.08 bits per heavy atom. The van der Waals surface area contributed by atoms with E-state index in [9.17, 15) is 14.7 Å². The molecule has 1 aromatic carbocycles. The topological polar surface area (TPSA) is 84.2 Å². The van der Waals surface area contributed by atoms with Crippen molar-refractivity contribution in [3.8, 4) is 5.75 Å². The molecule has 0 radical (unpaired) electrons. The van der Waals surface area contributed by atoms with E-state index in [0.717, 1.165) is 5.69 Å². The minimum absolute atomic E-state index is 0.0284. The minimum atomic E-state index is -0.618. The smallest absolute Gasteiger partial charge is 0.261 e. The number of nitrogens with zero attached hydrogens (tertiary/aromatic N) is 2. The van der Waals surface area contributed by atoms with Crippen LogP contribution in [0, 0.1) is 6.92 Å². The van der Waals surface area contributed by atoms with Gasteiger partial charge in [0.05, 0.1) is 11.1 Å². The van der Waals surface area contributed by atoms with Crippen molar-refractivity contribution in [2.75, 3.05) is 5.32 Å². The van der Waals surface area contributed by atoms with Crippen LogP contribution in [0.15, 0.2) is 41.3 Å². The molecule has 0 saturated carbocycles. The molecule has 0 aliphatic heterocycles. The summed E-state index contributed by atoms with van der Waals surface area (Å²) >= 11 is 5.88. The van der Waals surface area contributed by atoms with Gasteiger partial charge in [-0.2, -0.15) is 0 Å². The lowest BCUT2D eigenvalue weighted by Crippen LogP contribution is -2.24. The first kappa shape index (κ1) is 17.0. The van der Waals surface area contributed by atoms with Crippen LogP contribution in [0.25, 0.3) is 11.0 Å². The molecule has 25 heavy (non-hydrogen) atoms. The molecule has 3 rings (SSSR count). The maximum Gasteiger partial charge on any atom is 0.261 e. The number of phenolic OH excluding ortho intramolecular Hbond substituents is 1. The minimum Gasteiger partial charge on any atom is -0.506 e. The van der Waals surface area contributed by atoms with Gasteiger partial charge in [0.25, 0.3) is 5.91 Å². The van der Waals surface area contributed by atoms with Crippen LogP contribution >= 0.6 is 11.6 Å². The van der Waals surface area contributed by atoms with Gasteiger partial charge in [0.1, 0.15) is 17.0 Å². The number of pyridine rings is 2. The van der Waals surface area contributed by atoms with E-state index in [1.54, 1.807) is 16.7 Å². The number of rotatable bonds is 3. The quantitative estimate of drug-likeness (QED) is 0.704. The van der Waals surface area contributed by atoms with E-state index in [-0.39, 0.29) is 17.0 Å². The van der Waals surface area contributed by atoms with Gasteiger partial charge in [-0.3, -0.25) is 9.59 Å². The number of anilines is 1. The van der Waals surface area contributed by atoms with E-state index in [1.807, 2.05) is 13.8 Å². The molecule has 0 saturated heterocycles. The fourth-order valence-corrected chi connectivity index (χ4v) is 2.73. The predicted octanol–water partition coefficient (Wildman–Crippen LogP) is 3.34. The summed E-state index contributed by atoms with van der Waals surface area (Å²) in [6, 6.07) is 7.68. The summed E-state index contributed by atoms with van der Waals surface area (Å²) in [6.45, 7) is 4.29. The Kier molecular flexibility index (Phi) is 4.46. The maximum atomic E-state index is 12.7. The number of aromatic hydroxyl groups is 1. The summed E-state index contributed by atoms with van der Waals surface area (Å²) in [4.78, 5) is 29.7. The third-order valence-electron chi connectivity index (χ3n) is 3.85. The summed E-state index contributed by atoms with van der Waals surface area (Å²) in [5, 5.41) is 13.1. The molecule has 3 aromatic rings. The Bertz CT molecular complexity index is 1040. The number of aryl methyl sites for hydroxylation is 2. The molecular formula is C18H16ClN3O3. The number of nitrogens with one attached hydrogen (secondary N) is 1. The van der Waals surface area contributed by atoms with Crippen LogP contribution in [0.5, 0.6) is 5.75 Å². The predicted molar refractivity (Wildman–Crippen MR) is 97.5 cm³/mol. The highest BCUT2D eigenvalue weighted by atomic mass is 35.5. The van der Waals surface area contributed by atoms with Gasteiger partial charge in [-0.05, 0) is 44.2 Å². The van der Waals surface area contributed by atoms with Gasteiger partial charge in [-0.15, -0.1) is 0 Å². The number of fused-ring (bicyclic) bond motifs is 1. The number of phenols is 1. The molecule has 2 N–H and O–H groups in total. The normalized spacial score (nSPS) is 10.8. The van der Waals surface area contributed by atoms with E-state index in [2.05, 4.69) is 10.3 Å². The van der Waals surface area contributed by atoms with Crippen molar-refractivity contribution in [1.29, 1.82) is 0 Å². The molecule has 2 aromatic heterocycles. The van der Waals surface area contributed by atoms with Crippen LogP contribution in [-0.4, -0.2) is 20.6 Å². The first-order chi connectivity index (χ1) is 11.9. The van der Waals surface area contributed by atoms with Gasteiger partial charge in [-0.25, -0.2) is 4.98 Å². The Morgan fingerprint density at radius 1 is 1.32 bits per heavy atom. The van der Waals surface area contributed by atoms with Crippen molar-refractivity contribution in [3.05, 3.63) is 63.0 Å². The second-order valence-electron chi connectivity index (χ2n) is 5.60. The summed E-state index contributed by atoms with van der Waals surface area (Å²) in [7, 11) is 0. The molecule has 0 bridgehead atoms. The third-order valence-corrected chi connectivity index (χ3v) is 4.09. The van der Waals surface area contributed by atoms with Crippen LogP contribution in [0.1, 0.15) is 23.0 Å². The number of hydrogen-bond donors (Lipinski definition) is 2. The van der Waals surface area contributed by atoms with Crippen molar-refractivity contribution >= 4 is 34.2 Å². The van der Waals surface area contributed by atoms with Crippen molar-refractivity contribution < 1.29 is 9.90 Å². The number of carbonyl (C=O) groups excluding carboxylic acids is 1.